The standard InChI is InChI=1S/C19H20F3N3S/c20-19(21,22)15-6-3-7-16(13-15)24-18(26)23-10-4-11-25-12-9-14-5-1-2-8-17(14)25/h1-3,5-8,13H,4,9-12H2,(H2,23,24,26). The molecule has 1 aliphatic rings. The van der Waals surface area contributed by atoms with Crippen LogP contribution in [0.2, 0.25) is 0 Å². The monoisotopic (exact) mass is 379 g/mol. The van der Waals surface area contributed by atoms with Crippen LogP contribution in [0.3, 0.4) is 0 Å². The Balaban J connectivity index is 1.43. The van der Waals surface area contributed by atoms with E-state index in [1.807, 2.05) is 6.07 Å². The van der Waals surface area contributed by atoms with Gasteiger partial charge in [0.15, 0.2) is 5.11 Å². The van der Waals surface area contributed by atoms with Crippen LogP contribution in [0.4, 0.5) is 24.5 Å². The Kier molecular flexibility index (Phi) is 5.66. The third kappa shape index (κ3) is 4.66. The van der Waals surface area contributed by atoms with E-state index >= 15 is 0 Å². The van der Waals surface area contributed by atoms with E-state index in [2.05, 4.69) is 33.7 Å². The minimum atomic E-state index is -4.36. The molecule has 1 heterocycles. The third-order valence-electron chi connectivity index (χ3n) is 4.32. The van der Waals surface area contributed by atoms with Crippen molar-refractivity contribution in [3.05, 3.63) is 59.7 Å². The molecule has 0 aliphatic carbocycles. The molecule has 0 bridgehead atoms. The van der Waals surface area contributed by atoms with Crippen LogP contribution in [-0.2, 0) is 12.6 Å². The van der Waals surface area contributed by atoms with Crippen molar-refractivity contribution in [3.8, 4) is 0 Å². The molecule has 2 N–H and O–H groups in total. The van der Waals surface area contributed by atoms with Gasteiger partial charge in [-0.05, 0) is 54.9 Å². The number of halogens is 3. The number of para-hydroxylation sites is 1. The quantitative estimate of drug-likeness (QED) is 0.593. The van der Waals surface area contributed by atoms with Crippen molar-refractivity contribution in [2.75, 3.05) is 29.9 Å². The van der Waals surface area contributed by atoms with E-state index in [4.69, 9.17) is 12.2 Å². The van der Waals surface area contributed by atoms with Crippen molar-refractivity contribution >= 4 is 28.7 Å². The normalized spacial score (nSPS) is 13.4. The molecule has 0 amide bonds. The molecule has 0 radical (unpaired) electrons. The summed E-state index contributed by atoms with van der Waals surface area (Å²) in [5.41, 5.74) is 2.29. The Hall–Kier alpha value is -2.28. The van der Waals surface area contributed by atoms with Gasteiger partial charge in [0.05, 0.1) is 5.56 Å². The molecule has 3 rings (SSSR count). The maximum absolute atomic E-state index is 12.7. The fourth-order valence-electron chi connectivity index (χ4n) is 3.06. The summed E-state index contributed by atoms with van der Waals surface area (Å²) in [6, 6.07) is 13.4. The summed E-state index contributed by atoms with van der Waals surface area (Å²) >= 11 is 5.17. The second-order valence-electron chi connectivity index (χ2n) is 6.18. The third-order valence-corrected chi connectivity index (χ3v) is 4.57. The van der Waals surface area contributed by atoms with Crippen molar-refractivity contribution in [2.45, 2.75) is 19.0 Å². The predicted molar refractivity (Wildman–Crippen MR) is 103 cm³/mol. The molecule has 0 fully saturated rings. The molecule has 2 aromatic rings. The smallest absolute Gasteiger partial charge is 0.371 e. The number of nitrogens with zero attached hydrogens (tertiary/aromatic N) is 1. The molecule has 2 aromatic carbocycles. The number of rotatable bonds is 5. The van der Waals surface area contributed by atoms with E-state index in [9.17, 15) is 13.2 Å². The molecule has 1 aliphatic heterocycles. The van der Waals surface area contributed by atoms with Crippen molar-refractivity contribution < 1.29 is 13.2 Å². The number of hydrogen-bond acceptors (Lipinski definition) is 2. The van der Waals surface area contributed by atoms with E-state index in [0.717, 1.165) is 38.1 Å². The number of hydrogen-bond donors (Lipinski definition) is 2. The highest BCUT2D eigenvalue weighted by molar-refractivity contribution is 7.80. The number of thiocarbonyl (C=S) groups is 1. The van der Waals surface area contributed by atoms with Gasteiger partial charge in [0, 0.05) is 31.0 Å². The van der Waals surface area contributed by atoms with Gasteiger partial charge in [-0.3, -0.25) is 0 Å². The van der Waals surface area contributed by atoms with Gasteiger partial charge in [0.25, 0.3) is 0 Å². The van der Waals surface area contributed by atoms with Crippen LogP contribution in [0, 0.1) is 0 Å². The number of nitrogens with one attached hydrogen (secondary N) is 2. The first kappa shape index (κ1) is 18.5. The van der Waals surface area contributed by atoms with Gasteiger partial charge in [-0.15, -0.1) is 0 Å². The lowest BCUT2D eigenvalue weighted by Gasteiger charge is -2.19. The van der Waals surface area contributed by atoms with E-state index in [1.54, 1.807) is 6.07 Å². The second kappa shape index (κ2) is 7.95. The predicted octanol–water partition coefficient (Wildman–Crippen LogP) is 4.44. The van der Waals surface area contributed by atoms with Crippen LogP contribution < -0.4 is 15.5 Å². The highest BCUT2D eigenvalue weighted by Gasteiger charge is 2.30. The number of anilines is 2. The Bertz CT molecular complexity index is 777. The zero-order valence-corrected chi connectivity index (χ0v) is 15.0. The van der Waals surface area contributed by atoms with Crippen LogP contribution in [0.1, 0.15) is 17.5 Å². The lowest BCUT2D eigenvalue weighted by molar-refractivity contribution is -0.137. The Morgan fingerprint density at radius 1 is 1.12 bits per heavy atom. The fourth-order valence-corrected chi connectivity index (χ4v) is 3.28. The highest BCUT2D eigenvalue weighted by atomic mass is 32.1. The molecule has 0 unspecified atom stereocenters. The maximum atomic E-state index is 12.7. The van der Waals surface area contributed by atoms with Crippen LogP contribution in [0.5, 0.6) is 0 Å². The second-order valence-corrected chi connectivity index (χ2v) is 6.59. The van der Waals surface area contributed by atoms with Gasteiger partial charge >= 0.3 is 6.18 Å². The largest absolute Gasteiger partial charge is 0.416 e. The van der Waals surface area contributed by atoms with Crippen molar-refractivity contribution in [3.63, 3.8) is 0 Å². The molecule has 3 nitrogen and oxygen atoms in total. The van der Waals surface area contributed by atoms with E-state index < -0.39 is 11.7 Å². The van der Waals surface area contributed by atoms with Crippen molar-refractivity contribution in [1.82, 2.24) is 5.32 Å². The summed E-state index contributed by atoms with van der Waals surface area (Å²) in [4.78, 5) is 2.35. The van der Waals surface area contributed by atoms with Gasteiger partial charge in [0.1, 0.15) is 0 Å². The van der Waals surface area contributed by atoms with Crippen molar-refractivity contribution in [1.29, 1.82) is 0 Å². The SMILES string of the molecule is FC(F)(F)c1cccc(NC(=S)NCCCN2CCc3ccccc32)c1. The summed E-state index contributed by atoms with van der Waals surface area (Å²) in [7, 11) is 0. The first-order valence-electron chi connectivity index (χ1n) is 8.48. The van der Waals surface area contributed by atoms with Gasteiger partial charge in [-0.25, -0.2) is 0 Å². The average Bonchev–Trinajstić information content (AvgIpc) is 3.01. The Labute approximate surface area is 156 Å². The van der Waals surface area contributed by atoms with E-state index in [-0.39, 0.29) is 0 Å². The van der Waals surface area contributed by atoms with Gasteiger partial charge in [-0.1, -0.05) is 24.3 Å². The van der Waals surface area contributed by atoms with Crippen LogP contribution in [0.25, 0.3) is 0 Å². The number of fused-ring (bicyclic) bond motifs is 1. The minimum absolute atomic E-state index is 0.325. The molecule has 7 heteroatoms. The molecule has 0 saturated heterocycles. The Morgan fingerprint density at radius 2 is 1.92 bits per heavy atom. The summed E-state index contributed by atoms with van der Waals surface area (Å²) in [5.74, 6) is 0. The van der Waals surface area contributed by atoms with Crippen LogP contribution in [-0.4, -0.2) is 24.7 Å². The first-order valence-corrected chi connectivity index (χ1v) is 8.89. The average molecular weight is 379 g/mol. The molecule has 0 spiro atoms. The topological polar surface area (TPSA) is 27.3 Å². The molecule has 0 saturated carbocycles. The number of alkyl halides is 3. The summed E-state index contributed by atoms with van der Waals surface area (Å²) < 4.78 is 38.2. The lowest BCUT2D eigenvalue weighted by atomic mass is 10.2. The Morgan fingerprint density at radius 3 is 2.73 bits per heavy atom. The first-order chi connectivity index (χ1) is 12.4. The molecular formula is C19H20F3N3S. The summed E-state index contributed by atoms with van der Waals surface area (Å²) in [6.07, 6.45) is -2.41. The molecule has 138 valence electrons. The van der Waals surface area contributed by atoms with Gasteiger partial charge in [0.2, 0.25) is 0 Å². The van der Waals surface area contributed by atoms with E-state index in [0.29, 0.717) is 17.3 Å². The summed E-state index contributed by atoms with van der Waals surface area (Å²) in [5, 5.41) is 6.18. The van der Waals surface area contributed by atoms with Crippen LogP contribution >= 0.6 is 12.2 Å². The highest BCUT2D eigenvalue weighted by Crippen LogP contribution is 2.30. The van der Waals surface area contributed by atoms with Gasteiger partial charge < -0.3 is 15.5 Å². The van der Waals surface area contributed by atoms with Gasteiger partial charge in [-0.2, -0.15) is 13.2 Å². The molecule has 26 heavy (non-hydrogen) atoms. The minimum Gasteiger partial charge on any atom is -0.371 e. The van der Waals surface area contributed by atoms with Crippen molar-refractivity contribution in [2.24, 2.45) is 0 Å². The number of benzene rings is 2. The zero-order valence-electron chi connectivity index (χ0n) is 14.1. The fraction of sp³-hybridized carbons (Fsp3) is 0.316. The zero-order chi connectivity index (χ0) is 18.6. The van der Waals surface area contributed by atoms with Crippen LogP contribution in [0.15, 0.2) is 48.5 Å². The molecule has 0 aromatic heterocycles. The van der Waals surface area contributed by atoms with E-state index in [1.165, 1.54) is 17.3 Å². The summed E-state index contributed by atoms with van der Waals surface area (Å²) in [6.45, 7) is 2.59. The maximum Gasteiger partial charge on any atom is 0.416 e. The lowest BCUT2D eigenvalue weighted by Crippen LogP contribution is -2.32. The molecular weight excluding hydrogens is 359 g/mol. The molecule has 0 atom stereocenters.